The highest BCUT2D eigenvalue weighted by molar-refractivity contribution is 5.15. The highest BCUT2D eigenvalue weighted by Gasteiger charge is 2.09. The van der Waals surface area contributed by atoms with Crippen LogP contribution in [0.15, 0.2) is 30.3 Å². The van der Waals surface area contributed by atoms with Crippen LogP contribution >= 0.6 is 0 Å². The molecule has 1 aromatic carbocycles. The molecule has 96 valence electrons. The van der Waals surface area contributed by atoms with Gasteiger partial charge in [-0.1, -0.05) is 50.6 Å². The molecule has 1 rings (SSSR count). The minimum Gasteiger partial charge on any atom is -0.326 e. The van der Waals surface area contributed by atoms with Crippen molar-refractivity contribution < 1.29 is 0 Å². The molecule has 2 N–H and O–H groups in total. The van der Waals surface area contributed by atoms with Crippen molar-refractivity contribution in [2.45, 2.75) is 39.2 Å². The number of benzene rings is 1. The van der Waals surface area contributed by atoms with Crippen molar-refractivity contribution in [3.05, 3.63) is 35.9 Å². The van der Waals surface area contributed by atoms with Crippen molar-refractivity contribution in [1.29, 1.82) is 0 Å². The third kappa shape index (κ3) is 5.85. The number of nitrogens with zero attached hydrogens (tertiary/aromatic N) is 1. The van der Waals surface area contributed by atoms with E-state index < -0.39 is 0 Å². The summed E-state index contributed by atoms with van der Waals surface area (Å²) < 4.78 is 0. The van der Waals surface area contributed by atoms with E-state index in [-0.39, 0.29) is 6.04 Å². The fourth-order valence-corrected chi connectivity index (χ4v) is 2.07. The van der Waals surface area contributed by atoms with E-state index >= 15 is 0 Å². The van der Waals surface area contributed by atoms with Crippen molar-refractivity contribution in [3.8, 4) is 0 Å². The van der Waals surface area contributed by atoms with Crippen LogP contribution in [0.5, 0.6) is 0 Å². The largest absolute Gasteiger partial charge is 0.326 e. The van der Waals surface area contributed by atoms with Crippen molar-refractivity contribution >= 4 is 0 Å². The third-order valence-corrected chi connectivity index (χ3v) is 3.11. The van der Waals surface area contributed by atoms with Crippen LogP contribution in [-0.4, -0.2) is 30.6 Å². The molecule has 1 unspecified atom stereocenters. The van der Waals surface area contributed by atoms with Gasteiger partial charge in [-0.25, -0.2) is 0 Å². The standard InChI is InChI=1S/C15H26N2/c1-3-5-11-17(4-2)13-15(16)12-14-9-7-6-8-10-14/h6-10,15H,3-5,11-13,16H2,1-2H3. The second-order valence-corrected chi connectivity index (χ2v) is 4.70. The molecule has 0 heterocycles. The Bertz CT molecular complexity index is 284. The first-order valence-corrected chi connectivity index (χ1v) is 6.78. The Morgan fingerprint density at radius 1 is 1.18 bits per heavy atom. The van der Waals surface area contributed by atoms with E-state index in [0.29, 0.717) is 0 Å². The van der Waals surface area contributed by atoms with E-state index in [9.17, 15) is 0 Å². The lowest BCUT2D eigenvalue weighted by molar-refractivity contribution is 0.264. The van der Waals surface area contributed by atoms with Gasteiger partial charge in [0.15, 0.2) is 0 Å². The van der Waals surface area contributed by atoms with Crippen LogP contribution in [0.3, 0.4) is 0 Å². The van der Waals surface area contributed by atoms with Crippen LogP contribution in [0, 0.1) is 0 Å². The second kappa shape index (κ2) is 8.26. The van der Waals surface area contributed by atoms with Crippen LogP contribution in [-0.2, 0) is 6.42 Å². The lowest BCUT2D eigenvalue weighted by Gasteiger charge is -2.24. The zero-order valence-electron chi connectivity index (χ0n) is 11.2. The molecular formula is C15H26N2. The molecule has 0 aliphatic rings. The summed E-state index contributed by atoms with van der Waals surface area (Å²) in [6, 6.07) is 10.8. The minimum atomic E-state index is 0.245. The average Bonchev–Trinajstić information content (AvgIpc) is 2.35. The van der Waals surface area contributed by atoms with Gasteiger partial charge < -0.3 is 10.6 Å². The highest BCUT2D eigenvalue weighted by Crippen LogP contribution is 2.04. The number of rotatable bonds is 8. The van der Waals surface area contributed by atoms with Crippen molar-refractivity contribution in [3.63, 3.8) is 0 Å². The first-order valence-electron chi connectivity index (χ1n) is 6.78. The Labute approximate surface area is 106 Å². The number of likely N-dealkylation sites (N-methyl/N-ethyl adjacent to an activating group) is 1. The molecule has 0 aliphatic heterocycles. The predicted octanol–water partition coefficient (Wildman–Crippen LogP) is 2.68. The number of nitrogens with two attached hydrogens (primary N) is 1. The molecule has 0 aromatic heterocycles. The van der Waals surface area contributed by atoms with E-state index in [1.807, 2.05) is 0 Å². The smallest absolute Gasteiger partial charge is 0.0208 e. The van der Waals surface area contributed by atoms with Crippen LogP contribution in [0.4, 0.5) is 0 Å². The lowest BCUT2D eigenvalue weighted by Crippen LogP contribution is -2.39. The molecule has 0 aliphatic carbocycles. The summed E-state index contributed by atoms with van der Waals surface area (Å²) in [4.78, 5) is 2.46. The van der Waals surface area contributed by atoms with E-state index in [2.05, 4.69) is 49.1 Å². The van der Waals surface area contributed by atoms with E-state index in [0.717, 1.165) is 19.5 Å². The molecule has 0 fully saturated rings. The molecule has 0 saturated heterocycles. The van der Waals surface area contributed by atoms with Gasteiger partial charge in [-0.05, 0) is 31.5 Å². The normalized spacial score (nSPS) is 12.9. The molecule has 0 amide bonds. The zero-order chi connectivity index (χ0) is 12.5. The summed E-state index contributed by atoms with van der Waals surface area (Å²) in [6.07, 6.45) is 3.50. The SMILES string of the molecule is CCCCN(CC)CC(N)Cc1ccccc1. The van der Waals surface area contributed by atoms with Gasteiger partial charge in [0.2, 0.25) is 0 Å². The van der Waals surface area contributed by atoms with Gasteiger partial charge in [0.1, 0.15) is 0 Å². The van der Waals surface area contributed by atoms with E-state index in [4.69, 9.17) is 5.73 Å². The maximum atomic E-state index is 6.21. The lowest BCUT2D eigenvalue weighted by atomic mass is 10.1. The van der Waals surface area contributed by atoms with E-state index in [1.165, 1.54) is 24.9 Å². The molecule has 1 aromatic rings. The maximum Gasteiger partial charge on any atom is 0.0208 e. The van der Waals surface area contributed by atoms with Gasteiger partial charge in [-0.15, -0.1) is 0 Å². The number of hydrogen-bond acceptors (Lipinski definition) is 2. The van der Waals surface area contributed by atoms with E-state index in [1.54, 1.807) is 0 Å². The topological polar surface area (TPSA) is 29.3 Å². The van der Waals surface area contributed by atoms with Crippen LogP contribution in [0.2, 0.25) is 0 Å². The molecule has 0 spiro atoms. The van der Waals surface area contributed by atoms with Gasteiger partial charge in [0.25, 0.3) is 0 Å². The Morgan fingerprint density at radius 2 is 1.88 bits per heavy atom. The fourth-order valence-electron chi connectivity index (χ4n) is 2.07. The van der Waals surface area contributed by atoms with Crippen LogP contribution in [0.1, 0.15) is 32.3 Å². The summed E-state index contributed by atoms with van der Waals surface area (Å²) in [5, 5.41) is 0. The first-order chi connectivity index (χ1) is 8.26. The summed E-state index contributed by atoms with van der Waals surface area (Å²) in [7, 11) is 0. The van der Waals surface area contributed by atoms with Crippen molar-refractivity contribution in [2.75, 3.05) is 19.6 Å². The molecule has 0 bridgehead atoms. The van der Waals surface area contributed by atoms with Crippen molar-refractivity contribution in [2.24, 2.45) is 5.73 Å². The van der Waals surface area contributed by atoms with Gasteiger partial charge in [0.05, 0.1) is 0 Å². The predicted molar refractivity (Wildman–Crippen MR) is 75.1 cm³/mol. The van der Waals surface area contributed by atoms with Gasteiger partial charge in [-0.3, -0.25) is 0 Å². The first kappa shape index (κ1) is 14.2. The number of hydrogen-bond donors (Lipinski definition) is 1. The molecule has 2 heteroatoms. The molecular weight excluding hydrogens is 208 g/mol. The zero-order valence-corrected chi connectivity index (χ0v) is 11.2. The maximum absolute atomic E-state index is 6.21. The monoisotopic (exact) mass is 234 g/mol. The van der Waals surface area contributed by atoms with Crippen molar-refractivity contribution in [1.82, 2.24) is 4.90 Å². The molecule has 1 atom stereocenters. The Morgan fingerprint density at radius 3 is 2.47 bits per heavy atom. The van der Waals surface area contributed by atoms with Crippen LogP contribution in [0.25, 0.3) is 0 Å². The van der Waals surface area contributed by atoms with Gasteiger partial charge in [0, 0.05) is 12.6 Å². The molecule has 0 radical (unpaired) electrons. The van der Waals surface area contributed by atoms with Crippen LogP contribution < -0.4 is 5.73 Å². The molecule has 2 nitrogen and oxygen atoms in total. The van der Waals surface area contributed by atoms with Gasteiger partial charge >= 0.3 is 0 Å². The summed E-state index contributed by atoms with van der Waals surface area (Å²) >= 11 is 0. The third-order valence-electron chi connectivity index (χ3n) is 3.11. The fraction of sp³-hybridized carbons (Fsp3) is 0.600. The summed E-state index contributed by atoms with van der Waals surface area (Å²) in [6.45, 7) is 7.73. The quantitative estimate of drug-likeness (QED) is 0.749. The second-order valence-electron chi connectivity index (χ2n) is 4.70. The molecule has 0 saturated carbocycles. The minimum absolute atomic E-state index is 0.245. The molecule has 17 heavy (non-hydrogen) atoms. The Balaban J connectivity index is 2.34. The Kier molecular flexibility index (Phi) is 6.90. The Hall–Kier alpha value is -0.860. The average molecular weight is 234 g/mol. The highest BCUT2D eigenvalue weighted by atomic mass is 15.1. The van der Waals surface area contributed by atoms with Gasteiger partial charge in [-0.2, -0.15) is 0 Å². The summed E-state index contributed by atoms with van der Waals surface area (Å²) in [5.74, 6) is 0. The summed E-state index contributed by atoms with van der Waals surface area (Å²) in [5.41, 5.74) is 7.55. The number of unbranched alkanes of at least 4 members (excludes halogenated alkanes) is 1.